The minimum atomic E-state index is -0.288. The smallest absolute Gasteiger partial charge is 0.211 e. The third-order valence-electron chi connectivity index (χ3n) is 4.20. The van der Waals surface area contributed by atoms with E-state index >= 15 is 0 Å². The minimum absolute atomic E-state index is 0.00688. The summed E-state index contributed by atoms with van der Waals surface area (Å²) in [5.41, 5.74) is 1.03. The molecule has 0 unspecified atom stereocenters. The highest BCUT2D eigenvalue weighted by molar-refractivity contribution is 6.49. The fourth-order valence-corrected chi connectivity index (χ4v) is 2.94. The van der Waals surface area contributed by atoms with Crippen molar-refractivity contribution in [2.45, 2.75) is 19.8 Å². The van der Waals surface area contributed by atoms with E-state index in [1.807, 2.05) is 0 Å². The molecule has 2 rings (SSSR count). The molecule has 0 aromatic heterocycles. The van der Waals surface area contributed by atoms with Crippen molar-refractivity contribution in [3.05, 3.63) is 46.1 Å². The summed E-state index contributed by atoms with van der Waals surface area (Å²) in [6, 6.07) is 6.80. The van der Waals surface area contributed by atoms with Gasteiger partial charge in [-0.3, -0.25) is 9.59 Å². The Balaban J connectivity index is 2.07. The number of rotatable bonds is 7. The van der Waals surface area contributed by atoms with Gasteiger partial charge in [0, 0.05) is 11.1 Å². The molecule has 124 valence electrons. The highest BCUT2D eigenvalue weighted by Crippen LogP contribution is 2.27. The van der Waals surface area contributed by atoms with Gasteiger partial charge >= 0.3 is 0 Å². The maximum atomic E-state index is 12.5. The van der Waals surface area contributed by atoms with Crippen LogP contribution in [0.1, 0.15) is 40.5 Å². The molecular formula is C18H24ClN2O2+. The van der Waals surface area contributed by atoms with Crippen molar-refractivity contribution in [2.75, 3.05) is 33.7 Å². The molecule has 1 N–H and O–H groups in total. The van der Waals surface area contributed by atoms with Crippen LogP contribution in [0, 0.1) is 0 Å². The number of fused-ring (bicyclic) bond motifs is 1. The molecule has 0 atom stereocenters. The summed E-state index contributed by atoms with van der Waals surface area (Å²) in [4.78, 5) is 24.8. The Morgan fingerprint density at radius 2 is 1.65 bits per heavy atom. The maximum Gasteiger partial charge on any atom is 0.211 e. The van der Waals surface area contributed by atoms with Crippen LogP contribution in [-0.4, -0.2) is 49.8 Å². The van der Waals surface area contributed by atoms with E-state index in [0.717, 1.165) is 24.0 Å². The average Bonchev–Trinajstić information content (AvgIpc) is 2.54. The zero-order valence-corrected chi connectivity index (χ0v) is 14.7. The second-order valence-electron chi connectivity index (χ2n) is 6.56. The number of ketones is 2. The van der Waals surface area contributed by atoms with Gasteiger partial charge in [0.1, 0.15) is 10.7 Å². The number of hydrogen-bond acceptors (Lipinski definition) is 3. The third kappa shape index (κ3) is 4.01. The molecule has 23 heavy (non-hydrogen) atoms. The summed E-state index contributed by atoms with van der Waals surface area (Å²) < 4.78 is 0.866. The minimum Gasteiger partial charge on any atom is -0.375 e. The molecular weight excluding hydrogens is 312 g/mol. The highest BCUT2D eigenvalue weighted by Gasteiger charge is 2.31. The van der Waals surface area contributed by atoms with Gasteiger partial charge in [-0.2, -0.15) is 0 Å². The van der Waals surface area contributed by atoms with Gasteiger partial charge in [-0.05, 0) is 6.42 Å². The normalized spacial score (nSPS) is 15.0. The van der Waals surface area contributed by atoms with Gasteiger partial charge in [-0.1, -0.05) is 49.2 Å². The first-order valence-electron chi connectivity index (χ1n) is 8.01. The van der Waals surface area contributed by atoms with Crippen LogP contribution in [0.25, 0.3) is 0 Å². The van der Waals surface area contributed by atoms with E-state index in [1.54, 1.807) is 24.3 Å². The van der Waals surface area contributed by atoms with Crippen molar-refractivity contribution in [3.63, 3.8) is 0 Å². The van der Waals surface area contributed by atoms with Crippen LogP contribution in [-0.2, 0) is 0 Å². The monoisotopic (exact) mass is 335 g/mol. The van der Waals surface area contributed by atoms with Crippen LogP contribution in [0.2, 0.25) is 0 Å². The number of likely N-dealkylation sites (N-methyl/N-ethyl adjacent to an activating group) is 1. The van der Waals surface area contributed by atoms with Crippen molar-refractivity contribution in [2.24, 2.45) is 0 Å². The number of benzene rings is 1. The number of quaternary nitrogens is 1. The SMILES string of the molecule is CCCC[N+](C)(C)CCNC1=C(Cl)C(=O)c2ccccc2C1=O. The van der Waals surface area contributed by atoms with E-state index in [9.17, 15) is 9.59 Å². The van der Waals surface area contributed by atoms with E-state index in [1.165, 1.54) is 6.42 Å². The molecule has 0 spiro atoms. The molecule has 0 heterocycles. The second-order valence-corrected chi connectivity index (χ2v) is 6.93. The first-order chi connectivity index (χ1) is 10.9. The molecule has 1 aromatic carbocycles. The van der Waals surface area contributed by atoms with Gasteiger partial charge in [-0.25, -0.2) is 0 Å². The first-order valence-corrected chi connectivity index (χ1v) is 8.39. The summed E-state index contributed by atoms with van der Waals surface area (Å²) >= 11 is 6.13. The lowest BCUT2D eigenvalue weighted by Crippen LogP contribution is -2.45. The molecule has 1 aromatic rings. The van der Waals surface area contributed by atoms with E-state index < -0.39 is 0 Å². The number of carbonyl (C=O) groups is 2. The summed E-state index contributed by atoms with van der Waals surface area (Å²) in [5, 5.41) is 3.08. The van der Waals surface area contributed by atoms with Crippen molar-refractivity contribution in [1.82, 2.24) is 5.32 Å². The molecule has 0 saturated carbocycles. The number of hydrogen-bond donors (Lipinski definition) is 1. The standard InChI is InChI=1S/C18H23ClN2O2/c1-4-5-11-21(2,3)12-10-20-16-15(19)17(22)13-8-6-7-9-14(13)18(16)23/h6-9H,4-5,10-12H2,1-3H3/p+1. The predicted octanol–water partition coefficient (Wildman–Crippen LogP) is 2.98. The fourth-order valence-electron chi connectivity index (χ4n) is 2.68. The maximum absolute atomic E-state index is 12.5. The number of nitrogens with zero attached hydrogens (tertiary/aromatic N) is 1. The Labute approximate surface area is 142 Å². The first kappa shape index (κ1) is 17.7. The van der Waals surface area contributed by atoms with Crippen LogP contribution in [0.15, 0.2) is 35.0 Å². The van der Waals surface area contributed by atoms with Gasteiger partial charge < -0.3 is 9.80 Å². The Hall–Kier alpha value is -1.65. The Morgan fingerprint density at radius 1 is 1.04 bits per heavy atom. The Morgan fingerprint density at radius 3 is 2.26 bits per heavy atom. The number of nitrogens with one attached hydrogen (secondary N) is 1. The van der Waals surface area contributed by atoms with Gasteiger partial charge in [0.15, 0.2) is 0 Å². The number of allylic oxidation sites excluding steroid dienone is 2. The van der Waals surface area contributed by atoms with Crippen LogP contribution in [0.4, 0.5) is 0 Å². The van der Waals surface area contributed by atoms with Gasteiger partial charge in [-0.15, -0.1) is 0 Å². The molecule has 0 aliphatic heterocycles. The zero-order valence-electron chi connectivity index (χ0n) is 14.0. The lowest BCUT2D eigenvalue weighted by Gasteiger charge is -2.30. The summed E-state index contributed by atoms with van der Waals surface area (Å²) in [7, 11) is 4.33. The van der Waals surface area contributed by atoms with E-state index in [0.29, 0.717) is 17.7 Å². The third-order valence-corrected chi connectivity index (χ3v) is 4.56. The van der Waals surface area contributed by atoms with Gasteiger partial charge in [0.2, 0.25) is 11.6 Å². The van der Waals surface area contributed by atoms with E-state index in [2.05, 4.69) is 26.3 Å². The molecule has 0 bridgehead atoms. The van der Waals surface area contributed by atoms with Crippen molar-refractivity contribution in [1.29, 1.82) is 0 Å². The summed E-state index contributed by atoms with van der Waals surface area (Å²) in [6.45, 7) is 4.72. The molecule has 1 aliphatic rings. The van der Waals surface area contributed by atoms with Crippen LogP contribution in [0.5, 0.6) is 0 Å². The molecule has 0 saturated heterocycles. The van der Waals surface area contributed by atoms with Gasteiger partial charge in [0.25, 0.3) is 0 Å². The van der Waals surface area contributed by atoms with E-state index in [-0.39, 0.29) is 22.3 Å². The molecule has 4 nitrogen and oxygen atoms in total. The fraction of sp³-hybridized carbons (Fsp3) is 0.444. The molecule has 0 fully saturated rings. The second kappa shape index (κ2) is 7.28. The topological polar surface area (TPSA) is 46.2 Å². The van der Waals surface area contributed by atoms with Crippen molar-refractivity contribution < 1.29 is 14.1 Å². The largest absolute Gasteiger partial charge is 0.375 e. The predicted molar refractivity (Wildman–Crippen MR) is 92.7 cm³/mol. The lowest BCUT2D eigenvalue weighted by atomic mass is 9.92. The molecule has 1 aliphatic carbocycles. The molecule has 0 amide bonds. The molecule has 5 heteroatoms. The Bertz CT molecular complexity index is 650. The number of halogens is 1. The van der Waals surface area contributed by atoms with Crippen LogP contribution in [0.3, 0.4) is 0 Å². The quantitative estimate of drug-likeness (QED) is 0.779. The van der Waals surface area contributed by atoms with Crippen molar-refractivity contribution >= 4 is 23.2 Å². The van der Waals surface area contributed by atoms with Gasteiger partial charge in [0.05, 0.1) is 33.7 Å². The van der Waals surface area contributed by atoms with E-state index in [4.69, 9.17) is 11.6 Å². The van der Waals surface area contributed by atoms with Crippen LogP contribution < -0.4 is 5.32 Å². The van der Waals surface area contributed by atoms with Crippen molar-refractivity contribution in [3.8, 4) is 0 Å². The molecule has 0 radical (unpaired) electrons. The average molecular weight is 336 g/mol. The number of unbranched alkanes of at least 4 members (excludes halogenated alkanes) is 1. The Kier molecular flexibility index (Phi) is 5.60. The zero-order chi connectivity index (χ0) is 17.0. The summed E-state index contributed by atoms with van der Waals surface area (Å²) in [6.07, 6.45) is 2.33. The number of carbonyl (C=O) groups excluding carboxylic acids is 2. The highest BCUT2D eigenvalue weighted by atomic mass is 35.5. The lowest BCUT2D eigenvalue weighted by molar-refractivity contribution is -0.889. The summed E-state index contributed by atoms with van der Waals surface area (Å²) in [5.74, 6) is -0.492. The van der Waals surface area contributed by atoms with Crippen LogP contribution >= 0.6 is 11.6 Å². The number of Topliss-reactive ketones (excluding diaryl/α,β-unsaturated/α-hetero) is 2.